The zero-order valence-electron chi connectivity index (χ0n) is 11.7. The summed E-state index contributed by atoms with van der Waals surface area (Å²) in [6.45, 7) is 1.24. The van der Waals surface area contributed by atoms with Crippen LogP contribution in [0.25, 0.3) is 11.3 Å². The lowest BCUT2D eigenvalue weighted by molar-refractivity contribution is -0.142. The third-order valence-corrected chi connectivity index (χ3v) is 3.96. The molecule has 118 valence electrons. The van der Waals surface area contributed by atoms with E-state index in [9.17, 15) is 9.90 Å². The second-order valence-electron chi connectivity index (χ2n) is 5.15. The van der Waals surface area contributed by atoms with Crippen LogP contribution in [0.5, 0.6) is 0 Å². The number of hydrogen-bond donors (Lipinski definition) is 1. The Morgan fingerprint density at radius 3 is 2.82 bits per heavy atom. The summed E-state index contributed by atoms with van der Waals surface area (Å²) in [5.74, 6) is -0.0990. The van der Waals surface area contributed by atoms with E-state index in [-0.39, 0.29) is 12.4 Å². The summed E-state index contributed by atoms with van der Waals surface area (Å²) in [5, 5.41) is 13.9. The van der Waals surface area contributed by atoms with Gasteiger partial charge in [0.1, 0.15) is 11.7 Å². The summed E-state index contributed by atoms with van der Waals surface area (Å²) in [7, 11) is 0. The predicted molar refractivity (Wildman–Crippen MR) is 85.3 cm³/mol. The lowest BCUT2D eigenvalue weighted by atomic mass is 10.1. The third-order valence-electron chi connectivity index (χ3n) is 3.71. The largest absolute Gasteiger partial charge is 0.480 e. The first-order valence-corrected chi connectivity index (χ1v) is 7.19. The molecule has 7 heteroatoms. The van der Waals surface area contributed by atoms with Crippen molar-refractivity contribution in [3.63, 3.8) is 0 Å². The summed E-state index contributed by atoms with van der Waals surface area (Å²) in [5.41, 5.74) is 1.65. The molecule has 5 nitrogen and oxygen atoms in total. The fourth-order valence-corrected chi connectivity index (χ4v) is 2.77. The Labute approximate surface area is 139 Å². The molecule has 0 bridgehead atoms. The SMILES string of the molecule is Cl.O=C(O)C1CCCN1Cc1cc(-c2ccc(Cl)cc2)no1. The van der Waals surface area contributed by atoms with Crippen molar-refractivity contribution >= 4 is 30.0 Å². The molecule has 1 unspecified atom stereocenters. The van der Waals surface area contributed by atoms with Crippen LogP contribution in [0.1, 0.15) is 18.6 Å². The van der Waals surface area contributed by atoms with Crippen molar-refractivity contribution in [2.75, 3.05) is 6.54 Å². The third kappa shape index (κ3) is 3.61. The van der Waals surface area contributed by atoms with E-state index in [4.69, 9.17) is 16.1 Å². The molecule has 1 aromatic carbocycles. The number of carboxylic acids is 1. The van der Waals surface area contributed by atoms with Crippen LogP contribution in [0.3, 0.4) is 0 Å². The smallest absolute Gasteiger partial charge is 0.320 e. The number of hydrogen-bond acceptors (Lipinski definition) is 4. The average Bonchev–Trinajstić information content (AvgIpc) is 3.09. The lowest BCUT2D eigenvalue weighted by Gasteiger charge is -2.18. The molecule has 0 aliphatic carbocycles. The van der Waals surface area contributed by atoms with Gasteiger partial charge in [-0.25, -0.2) is 0 Å². The fourth-order valence-electron chi connectivity index (χ4n) is 2.64. The van der Waals surface area contributed by atoms with Crippen LogP contribution in [0.15, 0.2) is 34.9 Å². The molecule has 2 heterocycles. The Hall–Kier alpha value is -1.56. The molecule has 0 saturated carbocycles. The number of carbonyl (C=O) groups is 1. The van der Waals surface area contributed by atoms with E-state index in [0.717, 1.165) is 24.2 Å². The number of aromatic nitrogens is 1. The minimum absolute atomic E-state index is 0. The molecule has 1 aromatic heterocycles. The molecule has 0 spiro atoms. The van der Waals surface area contributed by atoms with Gasteiger partial charge in [0.25, 0.3) is 0 Å². The monoisotopic (exact) mass is 342 g/mol. The van der Waals surface area contributed by atoms with Gasteiger partial charge in [-0.3, -0.25) is 9.69 Å². The number of nitrogens with zero attached hydrogens (tertiary/aromatic N) is 2. The first-order valence-electron chi connectivity index (χ1n) is 6.82. The average molecular weight is 343 g/mol. The molecule has 1 N–H and O–H groups in total. The number of aliphatic carboxylic acids is 1. The van der Waals surface area contributed by atoms with E-state index in [1.807, 2.05) is 23.1 Å². The van der Waals surface area contributed by atoms with E-state index >= 15 is 0 Å². The summed E-state index contributed by atoms with van der Waals surface area (Å²) >= 11 is 5.86. The molecule has 22 heavy (non-hydrogen) atoms. The summed E-state index contributed by atoms with van der Waals surface area (Å²) in [6.07, 6.45) is 1.59. The van der Waals surface area contributed by atoms with Crippen LogP contribution in [0.2, 0.25) is 5.02 Å². The number of likely N-dealkylation sites (tertiary alicyclic amines) is 1. The second-order valence-corrected chi connectivity index (χ2v) is 5.59. The number of benzene rings is 1. The molecule has 1 saturated heterocycles. The van der Waals surface area contributed by atoms with Crippen molar-refractivity contribution in [2.45, 2.75) is 25.4 Å². The van der Waals surface area contributed by atoms with Gasteiger partial charge < -0.3 is 9.63 Å². The Balaban J connectivity index is 0.00000176. The second kappa shape index (κ2) is 7.13. The maximum absolute atomic E-state index is 11.2. The van der Waals surface area contributed by atoms with Crippen LogP contribution in [0.4, 0.5) is 0 Å². The van der Waals surface area contributed by atoms with Crippen LogP contribution in [-0.2, 0) is 11.3 Å². The Morgan fingerprint density at radius 2 is 2.14 bits per heavy atom. The minimum Gasteiger partial charge on any atom is -0.480 e. The molecule has 0 radical (unpaired) electrons. The Bertz CT molecular complexity index is 642. The van der Waals surface area contributed by atoms with Crippen molar-refractivity contribution in [2.24, 2.45) is 0 Å². The van der Waals surface area contributed by atoms with E-state index in [1.54, 1.807) is 12.1 Å². The Morgan fingerprint density at radius 1 is 1.41 bits per heavy atom. The molecule has 1 aliphatic rings. The molecular formula is C15H16Cl2N2O3. The van der Waals surface area contributed by atoms with Gasteiger partial charge in [-0.2, -0.15) is 0 Å². The van der Waals surface area contributed by atoms with E-state index in [2.05, 4.69) is 5.16 Å². The standard InChI is InChI=1S/C15H15ClN2O3.ClH/c16-11-5-3-10(4-6-11)13-8-12(21-17-13)9-18-7-1-2-14(18)15(19)20;/h3-6,8,14H,1-2,7,9H2,(H,19,20);1H. The minimum atomic E-state index is -0.773. The molecule has 2 aromatic rings. The van der Waals surface area contributed by atoms with Crippen molar-refractivity contribution < 1.29 is 14.4 Å². The van der Waals surface area contributed by atoms with Gasteiger partial charge in [-0.05, 0) is 31.5 Å². The van der Waals surface area contributed by atoms with Crippen LogP contribution >= 0.6 is 24.0 Å². The number of carboxylic acid groups (broad SMARTS) is 1. The normalized spacial score (nSPS) is 18.1. The molecule has 3 rings (SSSR count). The maximum Gasteiger partial charge on any atom is 0.320 e. The van der Waals surface area contributed by atoms with Gasteiger partial charge in [-0.1, -0.05) is 28.9 Å². The molecule has 1 aliphatic heterocycles. The zero-order chi connectivity index (χ0) is 14.8. The maximum atomic E-state index is 11.2. The first-order chi connectivity index (χ1) is 10.1. The molecule has 0 amide bonds. The topological polar surface area (TPSA) is 66.6 Å². The Kier molecular flexibility index (Phi) is 5.45. The highest BCUT2D eigenvalue weighted by Crippen LogP contribution is 2.24. The molecule has 1 atom stereocenters. The number of halogens is 2. The summed E-state index contributed by atoms with van der Waals surface area (Å²) in [4.78, 5) is 13.1. The van der Waals surface area contributed by atoms with E-state index in [0.29, 0.717) is 23.7 Å². The molecule has 1 fully saturated rings. The molecular weight excluding hydrogens is 327 g/mol. The van der Waals surface area contributed by atoms with Crippen LogP contribution in [-0.4, -0.2) is 33.7 Å². The van der Waals surface area contributed by atoms with Crippen molar-refractivity contribution in [3.8, 4) is 11.3 Å². The van der Waals surface area contributed by atoms with Crippen molar-refractivity contribution in [3.05, 3.63) is 41.1 Å². The summed E-state index contributed by atoms with van der Waals surface area (Å²) < 4.78 is 5.32. The van der Waals surface area contributed by atoms with Gasteiger partial charge in [0.15, 0.2) is 5.76 Å². The zero-order valence-corrected chi connectivity index (χ0v) is 13.3. The quantitative estimate of drug-likeness (QED) is 0.921. The first kappa shape index (κ1) is 16.8. The summed E-state index contributed by atoms with van der Waals surface area (Å²) in [6, 6.07) is 8.77. The number of rotatable bonds is 4. The van der Waals surface area contributed by atoms with E-state index < -0.39 is 12.0 Å². The van der Waals surface area contributed by atoms with Gasteiger partial charge >= 0.3 is 5.97 Å². The van der Waals surface area contributed by atoms with Gasteiger partial charge in [0, 0.05) is 16.7 Å². The van der Waals surface area contributed by atoms with Crippen molar-refractivity contribution in [1.29, 1.82) is 0 Å². The highest BCUT2D eigenvalue weighted by Gasteiger charge is 2.31. The van der Waals surface area contributed by atoms with Crippen molar-refractivity contribution in [1.82, 2.24) is 10.1 Å². The predicted octanol–water partition coefficient (Wildman–Crippen LogP) is 3.47. The fraction of sp³-hybridized carbons (Fsp3) is 0.333. The van der Waals surface area contributed by atoms with Gasteiger partial charge in [0.2, 0.25) is 0 Å². The lowest BCUT2D eigenvalue weighted by Crippen LogP contribution is -2.35. The van der Waals surface area contributed by atoms with Crippen LogP contribution < -0.4 is 0 Å². The van der Waals surface area contributed by atoms with E-state index in [1.165, 1.54) is 0 Å². The highest BCUT2D eigenvalue weighted by atomic mass is 35.5. The van der Waals surface area contributed by atoms with Crippen LogP contribution in [0, 0.1) is 0 Å². The highest BCUT2D eigenvalue weighted by molar-refractivity contribution is 6.30. The van der Waals surface area contributed by atoms with Gasteiger partial charge in [-0.15, -0.1) is 12.4 Å². The van der Waals surface area contributed by atoms with Gasteiger partial charge in [0.05, 0.1) is 6.54 Å².